The van der Waals surface area contributed by atoms with Gasteiger partial charge in [0.1, 0.15) is 0 Å². The van der Waals surface area contributed by atoms with E-state index in [0.29, 0.717) is 36.2 Å². The second kappa shape index (κ2) is 8.91. The minimum absolute atomic E-state index is 0.118. The lowest BCUT2D eigenvalue weighted by Gasteiger charge is -2.33. The number of aryl methyl sites for hydroxylation is 4. The van der Waals surface area contributed by atoms with Crippen molar-refractivity contribution in [2.75, 3.05) is 38.0 Å². The molecule has 1 N–H and O–H groups in total. The molecule has 2 aromatic rings. The molecule has 158 valence electrons. The largest absolute Gasteiger partial charge is 0.301 e. The molecule has 0 bridgehead atoms. The third kappa shape index (κ3) is 5.03. The molecule has 1 aromatic carbocycles. The Balaban J connectivity index is 1.57. The molecule has 1 saturated heterocycles. The molecular weight excluding hydrogens is 408 g/mol. The second-order valence-corrected chi connectivity index (χ2v) is 10.5. The third-order valence-corrected chi connectivity index (χ3v) is 8.10. The van der Waals surface area contributed by atoms with Crippen LogP contribution < -0.4 is 5.32 Å². The summed E-state index contributed by atoms with van der Waals surface area (Å²) in [6.45, 7) is 9.78. The molecule has 0 saturated carbocycles. The number of carbonyl (C=O) groups is 1. The molecular formula is C20H28N4O3S2. The van der Waals surface area contributed by atoms with Crippen LogP contribution in [0.3, 0.4) is 0 Å². The van der Waals surface area contributed by atoms with Gasteiger partial charge in [-0.1, -0.05) is 19.1 Å². The van der Waals surface area contributed by atoms with Gasteiger partial charge in [0.2, 0.25) is 15.9 Å². The van der Waals surface area contributed by atoms with Gasteiger partial charge in [-0.05, 0) is 44.4 Å². The van der Waals surface area contributed by atoms with E-state index in [9.17, 15) is 13.2 Å². The number of carbonyl (C=O) groups excluding carboxylic acids is 1. The molecule has 1 amide bonds. The van der Waals surface area contributed by atoms with Gasteiger partial charge in [-0.2, -0.15) is 4.31 Å². The summed E-state index contributed by atoms with van der Waals surface area (Å²) in [5.41, 5.74) is 2.69. The quantitative estimate of drug-likeness (QED) is 0.753. The zero-order valence-corrected chi connectivity index (χ0v) is 19.0. The SMILES string of the molecule is CCc1nc(NC(=O)CN2CCN(S(=O)(=O)c3cc(C)ccc3C)CC2)sc1C. The highest BCUT2D eigenvalue weighted by Gasteiger charge is 2.30. The van der Waals surface area contributed by atoms with E-state index in [0.717, 1.165) is 28.1 Å². The summed E-state index contributed by atoms with van der Waals surface area (Å²) in [6, 6.07) is 5.48. The number of benzene rings is 1. The average Bonchev–Trinajstić information content (AvgIpc) is 3.03. The Kier molecular flexibility index (Phi) is 6.72. The molecule has 3 rings (SSSR count). The summed E-state index contributed by atoms with van der Waals surface area (Å²) in [7, 11) is -3.52. The maximum Gasteiger partial charge on any atom is 0.243 e. The van der Waals surface area contributed by atoms with Crippen molar-refractivity contribution >= 4 is 32.4 Å². The number of sulfonamides is 1. The lowest BCUT2D eigenvalue weighted by atomic mass is 10.2. The summed E-state index contributed by atoms with van der Waals surface area (Å²) in [4.78, 5) is 20.3. The predicted octanol–water partition coefficient (Wildman–Crippen LogP) is 2.58. The highest BCUT2D eigenvalue weighted by atomic mass is 32.2. The number of aromatic nitrogens is 1. The van der Waals surface area contributed by atoms with Gasteiger partial charge in [-0.15, -0.1) is 11.3 Å². The van der Waals surface area contributed by atoms with Gasteiger partial charge < -0.3 is 5.32 Å². The van der Waals surface area contributed by atoms with Crippen molar-refractivity contribution in [2.24, 2.45) is 0 Å². The number of rotatable bonds is 6. The van der Waals surface area contributed by atoms with E-state index in [-0.39, 0.29) is 12.5 Å². The molecule has 7 nitrogen and oxygen atoms in total. The first-order chi connectivity index (χ1) is 13.7. The summed E-state index contributed by atoms with van der Waals surface area (Å²) in [6.07, 6.45) is 0.842. The van der Waals surface area contributed by atoms with E-state index >= 15 is 0 Å². The minimum Gasteiger partial charge on any atom is -0.301 e. The minimum atomic E-state index is -3.52. The zero-order chi connectivity index (χ0) is 21.2. The van der Waals surface area contributed by atoms with Crippen LogP contribution in [0.5, 0.6) is 0 Å². The van der Waals surface area contributed by atoms with Crippen molar-refractivity contribution in [3.8, 4) is 0 Å². The van der Waals surface area contributed by atoms with Crippen molar-refractivity contribution in [3.63, 3.8) is 0 Å². The monoisotopic (exact) mass is 436 g/mol. The number of piperazine rings is 1. The molecule has 0 spiro atoms. The molecule has 0 radical (unpaired) electrons. The van der Waals surface area contributed by atoms with E-state index in [2.05, 4.69) is 10.3 Å². The fourth-order valence-electron chi connectivity index (χ4n) is 3.42. The summed E-state index contributed by atoms with van der Waals surface area (Å²) < 4.78 is 27.5. The van der Waals surface area contributed by atoms with E-state index in [4.69, 9.17) is 0 Å². The Hall–Kier alpha value is -1.81. The molecule has 1 fully saturated rings. The maximum absolute atomic E-state index is 13.0. The lowest BCUT2D eigenvalue weighted by Crippen LogP contribution is -2.50. The van der Waals surface area contributed by atoms with Gasteiger partial charge in [0.15, 0.2) is 5.13 Å². The molecule has 0 unspecified atom stereocenters. The second-order valence-electron chi connectivity index (χ2n) is 7.37. The number of thiazole rings is 1. The van der Waals surface area contributed by atoms with E-state index < -0.39 is 10.0 Å². The molecule has 0 atom stereocenters. The Labute approximate surface area is 176 Å². The van der Waals surface area contributed by atoms with Crippen molar-refractivity contribution in [3.05, 3.63) is 39.9 Å². The van der Waals surface area contributed by atoms with Crippen molar-refractivity contribution < 1.29 is 13.2 Å². The third-order valence-electron chi connectivity index (χ3n) is 5.13. The number of hydrogen-bond acceptors (Lipinski definition) is 6. The smallest absolute Gasteiger partial charge is 0.243 e. The highest BCUT2D eigenvalue weighted by molar-refractivity contribution is 7.89. The predicted molar refractivity (Wildman–Crippen MR) is 116 cm³/mol. The van der Waals surface area contributed by atoms with Crippen LogP contribution in [-0.2, 0) is 21.2 Å². The average molecular weight is 437 g/mol. The van der Waals surface area contributed by atoms with Crippen LogP contribution in [0.15, 0.2) is 23.1 Å². The van der Waals surface area contributed by atoms with Crippen LogP contribution in [0.25, 0.3) is 0 Å². The van der Waals surface area contributed by atoms with E-state index in [1.54, 1.807) is 6.07 Å². The summed E-state index contributed by atoms with van der Waals surface area (Å²) >= 11 is 1.48. The highest BCUT2D eigenvalue weighted by Crippen LogP contribution is 2.23. The van der Waals surface area contributed by atoms with Crippen LogP contribution in [0.4, 0.5) is 5.13 Å². The zero-order valence-electron chi connectivity index (χ0n) is 17.4. The number of nitrogens with one attached hydrogen (secondary N) is 1. The van der Waals surface area contributed by atoms with Crippen molar-refractivity contribution in [1.29, 1.82) is 0 Å². The van der Waals surface area contributed by atoms with Crippen LogP contribution in [0, 0.1) is 20.8 Å². The lowest BCUT2D eigenvalue weighted by molar-refractivity contribution is -0.117. The molecule has 1 aliphatic heterocycles. The van der Waals surface area contributed by atoms with Gasteiger partial charge in [0, 0.05) is 31.1 Å². The Morgan fingerprint density at radius 2 is 1.86 bits per heavy atom. The first-order valence-electron chi connectivity index (χ1n) is 9.76. The Morgan fingerprint density at radius 1 is 1.17 bits per heavy atom. The Morgan fingerprint density at radius 3 is 2.48 bits per heavy atom. The van der Waals surface area contributed by atoms with E-state index in [1.807, 2.05) is 44.7 Å². The summed E-state index contributed by atoms with van der Waals surface area (Å²) in [5.74, 6) is -0.118. The first-order valence-corrected chi connectivity index (χ1v) is 12.0. The molecule has 29 heavy (non-hydrogen) atoms. The summed E-state index contributed by atoms with van der Waals surface area (Å²) in [5, 5.41) is 3.49. The molecule has 2 heterocycles. The van der Waals surface area contributed by atoms with Gasteiger partial charge in [-0.25, -0.2) is 13.4 Å². The molecule has 9 heteroatoms. The van der Waals surface area contributed by atoms with E-state index in [1.165, 1.54) is 15.6 Å². The van der Waals surface area contributed by atoms with Crippen molar-refractivity contribution in [2.45, 2.75) is 39.0 Å². The Bertz CT molecular complexity index is 993. The normalized spacial score (nSPS) is 16.1. The van der Waals surface area contributed by atoms with Crippen LogP contribution in [0.1, 0.15) is 28.6 Å². The van der Waals surface area contributed by atoms with Crippen LogP contribution >= 0.6 is 11.3 Å². The van der Waals surface area contributed by atoms with Gasteiger partial charge >= 0.3 is 0 Å². The number of nitrogens with zero attached hydrogens (tertiary/aromatic N) is 3. The van der Waals surface area contributed by atoms with Crippen LogP contribution in [0.2, 0.25) is 0 Å². The van der Waals surface area contributed by atoms with Gasteiger partial charge in [0.05, 0.1) is 17.1 Å². The molecule has 0 aliphatic carbocycles. The fraction of sp³-hybridized carbons (Fsp3) is 0.500. The van der Waals surface area contributed by atoms with Gasteiger partial charge in [0.25, 0.3) is 0 Å². The molecule has 1 aliphatic rings. The molecule has 1 aromatic heterocycles. The topological polar surface area (TPSA) is 82.6 Å². The fourth-order valence-corrected chi connectivity index (χ4v) is 6.07. The van der Waals surface area contributed by atoms with Gasteiger partial charge in [-0.3, -0.25) is 9.69 Å². The standard InChI is InChI=1S/C20H28N4O3S2/c1-5-17-16(4)28-20(21-17)22-19(25)13-23-8-10-24(11-9-23)29(26,27)18-12-14(2)6-7-15(18)3/h6-7,12H,5,8-11,13H2,1-4H3,(H,21,22,25). The first kappa shape index (κ1) is 21.9. The maximum atomic E-state index is 13.0. The van der Waals surface area contributed by atoms with Crippen molar-refractivity contribution in [1.82, 2.24) is 14.2 Å². The number of amides is 1. The number of anilines is 1. The van der Waals surface area contributed by atoms with Crippen LogP contribution in [-0.4, -0.2) is 61.2 Å². The number of hydrogen-bond donors (Lipinski definition) is 1.